The summed E-state index contributed by atoms with van der Waals surface area (Å²) in [6, 6.07) is 8.98. The summed E-state index contributed by atoms with van der Waals surface area (Å²) < 4.78 is 1.25. The van der Waals surface area contributed by atoms with Crippen LogP contribution in [0.1, 0.15) is 25.5 Å². The molecule has 2 rings (SSSR count). The Bertz CT molecular complexity index is 399. The van der Waals surface area contributed by atoms with Crippen molar-refractivity contribution in [3.63, 3.8) is 0 Å². The van der Waals surface area contributed by atoms with Gasteiger partial charge in [0.25, 0.3) is 0 Å². The first-order valence-corrected chi connectivity index (χ1v) is 7.93. The van der Waals surface area contributed by atoms with Crippen molar-refractivity contribution in [1.82, 2.24) is 10.2 Å². The molecular weight excluding hydrogens is 351 g/mol. The second-order valence-corrected chi connectivity index (χ2v) is 7.13. The molecule has 0 aromatic heterocycles. The first kappa shape index (κ1) is 15.2. The summed E-state index contributed by atoms with van der Waals surface area (Å²) in [7, 11) is 0. The maximum Gasteiger partial charge on any atom is 0.0500 e. The third kappa shape index (κ3) is 3.68. The number of piperazine rings is 1. The van der Waals surface area contributed by atoms with Crippen LogP contribution in [0.3, 0.4) is 0 Å². The molecule has 4 heteroatoms. The molecule has 1 aromatic rings. The first-order chi connectivity index (χ1) is 9.04. The molecule has 3 nitrogen and oxygen atoms in total. The molecule has 1 aliphatic rings. The van der Waals surface area contributed by atoms with Crippen molar-refractivity contribution >= 4 is 22.6 Å². The number of aliphatic hydroxyl groups excluding tert-OH is 1. The molecule has 1 aromatic carbocycles. The molecule has 0 spiro atoms. The van der Waals surface area contributed by atoms with E-state index in [1.807, 2.05) is 0 Å². The van der Waals surface area contributed by atoms with Gasteiger partial charge in [0, 0.05) is 47.8 Å². The fraction of sp³-hybridized carbons (Fsp3) is 0.600. The predicted molar refractivity (Wildman–Crippen MR) is 87.2 cm³/mol. The van der Waals surface area contributed by atoms with E-state index in [2.05, 4.69) is 70.9 Å². The minimum atomic E-state index is -0.135. The third-order valence-corrected chi connectivity index (χ3v) is 4.57. The van der Waals surface area contributed by atoms with Crippen LogP contribution in [0.5, 0.6) is 0 Å². The number of nitrogens with zero attached hydrogens (tertiary/aromatic N) is 1. The SMILES string of the molecule is CC(C)(CO)[C@@H](c1ccc(I)cc1)N1CCNCC1. The number of hydrogen-bond donors (Lipinski definition) is 2. The normalized spacial score (nSPS) is 19.4. The molecule has 19 heavy (non-hydrogen) atoms. The molecule has 1 saturated heterocycles. The van der Waals surface area contributed by atoms with Crippen LogP contribution < -0.4 is 5.32 Å². The van der Waals surface area contributed by atoms with Crippen molar-refractivity contribution in [1.29, 1.82) is 0 Å². The Labute approximate surface area is 129 Å². The quantitative estimate of drug-likeness (QED) is 0.794. The van der Waals surface area contributed by atoms with Gasteiger partial charge in [-0.1, -0.05) is 26.0 Å². The Morgan fingerprint density at radius 2 is 1.84 bits per heavy atom. The van der Waals surface area contributed by atoms with Gasteiger partial charge in [0.2, 0.25) is 0 Å². The van der Waals surface area contributed by atoms with Gasteiger partial charge in [-0.2, -0.15) is 0 Å². The minimum absolute atomic E-state index is 0.135. The fourth-order valence-corrected chi connectivity index (χ4v) is 3.19. The summed E-state index contributed by atoms with van der Waals surface area (Å²) in [4.78, 5) is 2.49. The number of nitrogens with one attached hydrogen (secondary N) is 1. The largest absolute Gasteiger partial charge is 0.396 e. The zero-order valence-corrected chi connectivity index (χ0v) is 13.9. The summed E-state index contributed by atoms with van der Waals surface area (Å²) in [5, 5.41) is 13.2. The summed E-state index contributed by atoms with van der Waals surface area (Å²) in [6.45, 7) is 8.65. The zero-order chi connectivity index (χ0) is 13.9. The van der Waals surface area contributed by atoms with Gasteiger partial charge in [-0.05, 0) is 40.3 Å². The van der Waals surface area contributed by atoms with E-state index in [4.69, 9.17) is 0 Å². The Hall–Kier alpha value is -0.170. The van der Waals surface area contributed by atoms with Crippen LogP contribution in [0.4, 0.5) is 0 Å². The van der Waals surface area contributed by atoms with E-state index in [-0.39, 0.29) is 18.1 Å². The third-order valence-electron chi connectivity index (χ3n) is 3.85. The van der Waals surface area contributed by atoms with Crippen molar-refractivity contribution < 1.29 is 5.11 Å². The lowest BCUT2D eigenvalue weighted by molar-refractivity contribution is 0.0305. The van der Waals surface area contributed by atoms with Crippen LogP contribution in [0.2, 0.25) is 0 Å². The standard InChI is InChI=1S/C15H23IN2O/c1-15(2,11-19)14(18-9-7-17-8-10-18)12-3-5-13(16)6-4-12/h3-6,14,17,19H,7-11H2,1-2H3/t14-/m1/s1. The minimum Gasteiger partial charge on any atom is -0.396 e. The summed E-state index contributed by atoms with van der Waals surface area (Å²) in [5.41, 5.74) is 1.17. The molecule has 0 amide bonds. The Balaban J connectivity index is 2.30. The lowest BCUT2D eigenvalue weighted by Crippen LogP contribution is -2.49. The van der Waals surface area contributed by atoms with Gasteiger partial charge in [-0.15, -0.1) is 0 Å². The van der Waals surface area contributed by atoms with Crippen molar-refractivity contribution in [2.24, 2.45) is 5.41 Å². The van der Waals surface area contributed by atoms with Crippen LogP contribution in [0.15, 0.2) is 24.3 Å². The Kier molecular flexibility index (Phi) is 5.22. The molecular formula is C15H23IN2O. The Morgan fingerprint density at radius 1 is 1.26 bits per heavy atom. The second-order valence-electron chi connectivity index (χ2n) is 5.89. The molecule has 2 N–H and O–H groups in total. The monoisotopic (exact) mass is 374 g/mol. The maximum absolute atomic E-state index is 9.77. The highest BCUT2D eigenvalue weighted by Gasteiger charge is 2.35. The lowest BCUT2D eigenvalue weighted by Gasteiger charge is -2.43. The molecule has 0 unspecified atom stereocenters. The molecule has 1 atom stereocenters. The van der Waals surface area contributed by atoms with Gasteiger partial charge in [-0.3, -0.25) is 4.90 Å². The average Bonchev–Trinajstić information content (AvgIpc) is 2.42. The van der Waals surface area contributed by atoms with E-state index in [0.717, 1.165) is 26.2 Å². The van der Waals surface area contributed by atoms with Crippen LogP contribution in [-0.4, -0.2) is 42.8 Å². The summed E-state index contributed by atoms with van der Waals surface area (Å²) >= 11 is 2.33. The highest BCUT2D eigenvalue weighted by molar-refractivity contribution is 14.1. The van der Waals surface area contributed by atoms with E-state index in [9.17, 15) is 5.11 Å². The van der Waals surface area contributed by atoms with Crippen molar-refractivity contribution in [2.75, 3.05) is 32.8 Å². The van der Waals surface area contributed by atoms with Gasteiger partial charge >= 0.3 is 0 Å². The Morgan fingerprint density at radius 3 is 2.37 bits per heavy atom. The number of hydrogen-bond acceptors (Lipinski definition) is 3. The van der Waals surface area contributed by atoms with Gasteiger partial charge < -0.3 is 10.4 Å². The molecule has 106 valence electrons. The maximum atomic E-state index is 9.77. The van der Waals surface area contributed by atoms with Gasteiger partial charge in [0.15, 0.2) is 0 Å². The molecule has 0 saturated carbocycles. The second kappa shape index (κ2) is 6.52. The fourth-order valence-electron chi connectivity index (χ4n) is 2.83. The van der Waals surface area contributed by atoms with E-state index in [1.165, 1.54) is 9.13 Å². The zero-order valence-electron chi connectivity index (χ0n) is 11.7. The number of aliphatic hydroxyl groups is 1. The van der Waals surface area contributed by atoms with Crippen molar-refractivity contribution in [3.8, 4) is 0 Å². The molecule has 0 aliphatic carbocycles. The summed E-state index contributed by atoms with van der Waals surface area (Å²) in [6.07, 6.45) is 0. The van der Waals surface area contributed by atoms with Crippen LogP contribution in [0, 0.1) is 8.99 Å². The van der Waals surface area contributed by atoms with E-state index in [1.54, 1.807) is 0 Å². The first-order valence-electron chi connectivity index (χ1n) is 6.86. The smallest absolute Gasteiger partial charge is 0.0500 e. The molecule has 1 aliphatic heterocycles. The van der Waals surface area contributed by atoms with E-state index in [0.29, 0.717) is 0 Å². The topological polar surface area (TPSA) is 35.5 Å². The number of rotatable bonds is 4. The highest BCUT2D eigenvalue weighted by atomic mass is 127. The summed E-state index contributed by atoms with van der Waals surface area (Å²) in [5.74, 6) is 0. The van der Waals surface area contributed by atoms with E-state index < -0.39 is 0 Å². The average molecular weight is 374 g/mol. The predicted octanol–water partition coefficient (Wildman–Crippen LogP) is 2.26. The van der Waals surface area contributed by atoms with Gasteiger partial charge in [0.1, 0.15) is 0 Å². The van der Waals surface area contributed by atoms with E-state index >= 15 is 0 Å². The van der Waals surface area contributed by atoms with Crippen LogP contribution in [0.25, 0.3) is 0 Å². The molecule has 0 bridgehead atoms. The number of halogens is 1. The molecule has 1 heterocycles. The van der Waals surface area contributed by atoms with Crippen molar-refractivity contribution in [3.05, 3.63) is 33.4 Å². The van der Waals surface area contributed by atoms with Crippen LogP contribution >= 0.6 is 22.6 Å². The van der Waals surface area contributed by atoms with Gasteiger partial charge in [-0.25, -0.2) is 0 Å². The van der Waals surface area contributed by atoms with Crippen LogP contribution in [-0.2, 0) is 0 Å². The molecule has 1 fully saturated rings. The lowest BCUT2D eigenvalue weighted by atomic mass is 9.80. The highest BCUT2D eigenvalue weighted by Crippen LogP contribution is 2.38. The number of benzene rings is 1. The molecule has 0 radical (unpaired) electrons. The van der Waals surface area contributed by atoms with Gasteiger partial charge in [0.05, 0.1) is 0 Å². The van der Waals surface area contributed by atoms with Crippen molar-refractivity contribution in [2.45, 2.75) is 19.9 Å².